The van der Waals surface area contributed by atoms with Gasteiger partial charge in [-0.25, -0.2) is 0 Å². The molecule has 4 aromatic rings. The highest BCUT2D eigenvalue weighted by Gasteiger charge is 2.16. The van der Waals surface area contributed by atoms with E-state index in [0.29, 0.717) is 45.9 Å². The van der Waals surface area contributed by atoms with Gasteiger partial charge in [0.15, 0.2) is 11.4 Å². The Morgan fingerprint density at radius 2 is 1.75 bits per heavy atom. The van der Waals surface area contributed by atoms with Crippen LogP contribution in [-0.4, -0.2) is 35.9 Å². The van der Waals surface area contributed by atoms with Gasteiger partial charge < -0.3 is 20.1 Å². The number of nitrogens with one attached hydrogen (secondary N) is 2. The van der Waals surface area contributed by atoms with Gasteiger partial charge in [-0.3, -0.25) is 9.59 Å². The second-order valence-corrected chi connectivity index (χ2v) is 8.47. The highest BCUT2D eigenvalue weighted by atomic mass is 35.5. The normalized spacial score (nSPS) is 10.6. The summed E-state index contributed by atoms with van der Waals surface area (Å²) in [4.78, 5) is 26.0. The Labute approximate surface area is 217 Å². The number of carbonyl (C=O) groups excluding carboxylic acids is 1. The van der Waals surface area contributed by atoms with Crippen molar-refractivity contribution in [3.05, 3.63) is 105 Å². The molecule has 0 aliphatic rings. The van der Waals surface area contributed by atoms with Crippen LogP contribution in [0.5, 0.6) is 11.5 Å². The van der Waals surface area contributed by atoms with Crippen LogP contribution in [-0.2, 0) is 4.74 Å². The van der Waals surface area contributed by atoms with Crippen molar-refractivity contribution in [1.82, 2.24) is 15.1 Å². The second-order valence-electron chi connectivity index (χ2n) is 7.59. The molecule has 184 valence electrons. The highest BCUT2D eigenvalue weighted by molar-refractivity contribution is 6.31. The van der Waals surface area contributed by atoms with Crippen molar-refractivity contribution < 1.29 is 14.3 Å². The van der Waals surface area contributed by atoms with E-state index >= 15 is 0 Å². The number of hydrogen-bond acceptors (Lipinski definition) is 6. The largest absolute Gasteiger partial charge is 0.453 e. The third kappa shape index (κ3) is 6.23. The molecule has 36 heavy (non-hydrogen) atoms. The van der Waals surface area contributed by atoms with Crippen LogP contribution in [0, 0.1) is 0 Å². The third-order valence-corrected chi connectivity index (χ3v) is 5.48. The van der Waals surface area contributed by atoms with Gasteiger partial charge in [0.25, 0.3) is 11.5 Å². The molecule has 10 heteroatoms. The predicted molar refractivity (Wildman–Crippen MR) is 140 cm³/mol. The molecule has 0 aliphatic carbocycles. The number of methoxy groups -OCH3 is 1. The average Bonchev–Trinajstić information content (AvgIpc) is 2.86. The molecule has 0 fully saturated rings. The lowest BCUT2D eigenvalue weighted by Gasteiger charge is -2.15. The van der Waals surface area contributed by atoms with E-state index in [0.717, 1.165) is 0 Å². The molecule has 2 N–H and O–H groups in total. The summed E-state index contributed by atoms with van der Waals surface area (Å²) in [5.41, 5.74) is 1.04. The number of rotatable bonds is 9. The van der Waals surface area contributed by atoms with Crippen molar-refractivity contribution in [2.24, 2.45) is 0 Å². The molecule has 1 heterocycles. The summed E-state index contributed by atoms with van der Waals surface area (Å²) < 4.78 is 12.1. The van der Waals surface area contributed by atoms with Crippen molar-refractivity contribution >= 4 is 40.5 Å². The fourth-order valence-corrected chi connectivity index (χ4v) is 3.70. The smallest absolute Gasteiger partial charge is 0.299 e. The molecule has 0 saturated heterocycles. The first kappa shape index (κ1) is 25.2. The van der Waals surface area contributed by atoms with Crippen molar-refractivity contribution in [2.45, 2.75) is 0 Å². The maximum absolute atomic E-state index is 13.6. The van der Waals surface area contributed by atoms with Crippen molar-refractivity contribution in [1.29, 1.82) is 0 Å². The second kappa shape index (κ2) is 11.7. The fraction of sp³-hybridized carbons (Fsp3) is 0.115. The van der Waals surface area contributed by atoms with Gasteiger partial charge in [0, 0.05) is 35.0 Å². The van der Waals surface area contributed by atoms with E-state index in [4.69, 9.17) is 32.7 Å². The molecule has 1 amide bonds. The van der Waals surface area contributed by atoms with Gasteiger partial charge in [0.2, 0.25) is 0 Å². The molecule has 0 saturated carbocycles. The van der Waals surface area contributed by atoms with Crippen LogP contribution in [0.4, 0.5) is 11.4 Å². The lowest BCUT2D eigenvalue weighted by Crippen LogP contribution is -2.27. The summed E-state index contributed by atoms with van der Waals surface area (Å²) in [6.07, 6.45) is 1.42. The van der Waals surface area contributed by atoms with Crippen LogP contribution >= 0.6 is 23.2 Å². The van der Waals surface area contributed by atoms with Gasteiger partial charge in [-0.05, 0) is 54.6 Å². The minimum Gasteiger partial charge on any atom is -0.453 e. The summed E-state index contributed by atoms with van der Waals surface area (Å²) in [6, 6.07) is 20.3. The topological polar surface area (TPSA) is 94.5 Å². The van der Waals surface area contributed by atoms with E-state index in [1.807, 2.05) is 0 Å². The van der Waals surface area contributed by atoms with E-state index < -0.39 is 5.56 Å². The number of nitrogens with zero attached hydrogens (tertiary/aromatic N) is 2. The summed E-state index contributed by atoms with van der Waals surface area (Å²) in [6.45, 7) is 0.771. The number of amides is 1. The van der Waals surface area contributed by atoms with Crippen molar-refractivity contribution in [3.63, 3.8) is 0 Å². The van der Waals surface area contributed by atoms with Crippen molar-refractivity contribution in [2.75, 3.05) is 25.6 Å². The Bertz CT molecular complexity index is 1440. The zero-order valence-electron chi connectivity index (χ0n) is 19.2. The minimum absolute atomic E-state index is 0.113. The Kier molecular flexibility index (Phi) is 8.22. The predicted octanol–water partition coefficient (Wildman–Crippen LogP) is 5.45. The highest BCUT2D eigenvalue weighted by Crippen LogP contribution is 2.30. The summed E-state index contributed by atoms with van der Waals surface area (Å²) in [5.74, 6) is 0.339. The van der Waals surface area contributed by atoms with Gasteiger partial charge in [-0.2, -0.15) is 9.78 Å². The molecule has 0 aliphatic heterocycles. The average molecular weight is 525 g/mol. The molecule has 3 aromatic carbocycles. The van der Waals surface area contributed by atoms with Gasteiger partial charge in [0.05, 0.1) is 18.5 Å². The van der Waals surface area contributed by atoms with E-state index in [9.17, 15) is 9.59 Å². The number of hydrogen-bond donors (Lipinski definition) is 2. The molecule has 8 nitrogen and oxygen atoms in total. The Hall–Kier alpha value is -3.85. The molecule has 1 aromatic heterocycles. The molecule has 4 rings (SSSR count). The van der Waals surface area contributed by atoms with Crippen LogP contribution in [0.2, 0.25) is 10.0 Å². The van der Waals surface area contributed by atoms with Crippen LogP contribution in [0.1, 0.15) is 10.4 Å². The van der Waals surface area contributed by atoms with Crippen molar-refractivity contribution in [3.8, 4) is 17.2 Å². The van der Waals surface area contributed by atoms with Gasteiger partial charge in [-0.1, -0.05) is 41.4 Å². The Morgan fingerprint density at radius 1 is 1.00 bits per heavy atom. The lowest BCUT2D eigenvalue weighted by molar-refractivity contribution is 0.0937. The quantitative estimate of drug-likeness (QED) is 0.282. The zero-order valence-corrected chi connectivity index (χ0v) is 20.7. The molecule has 0 spiro atoms. The maximum atomic E-state index is 13.6. The molecule has 0 atom stereocenters. The molecule has 0 bridgehead atoms. The Balaban J connectivity index is 1.72. The third-order valence-electron chi connectivity index (χ3n) is 5.01. The first-order chi connectivity index (χ1) is 17.4. The zero-order chi connectivity index (χ0) is 25.5. The van der Waals surface area contributed by atoms with E-state index in [2.05, 4.69) is 15.7 Å². The van der Waals surface area contributed by atoms with E-state index in [1.165, 1.54) is 10.9 Å². The number of ether oxygens (including phenoxy) is 2. The molecular formula is C26H22Cl2N4O4. The Morgan fingerprint density at radius 3 is 2.50 bits per heavy atom. The number of carbonyl (C=O) groups is 1. The van der Waals surface area contributed by atoms with E-state index in [-0.39, 0.29) is 17.3 Å². The summed E-state index contributed by atoms with van der Waals surface area (Å²) >= 11 is 12.2. The SMILES string of the molecule is COCCNC(=O)c1cccc(Nc2c(Oc3cccc(Cl)c3)cnn(-c3cccc(Cl)c3)c2=O)c1. The van der Waals surface area contributed by atoms with Crippen LogP contribution in [0.3, 0.4) is 0 Å². The van der Waals surface area contributed by atoms with Crippen LogP contribution in [0.15, 0.2) is 83.8 Å². The standard InChI is InChI=1S/C26H22Cl2N4O4/c1-35-12-11-29-25(33)17-5-2-8-20(13-17)31-24-23(36-22-10-4-7-19(28)15-22)16-30-32(26(24)34)21-9-3-6-18(27)14-21/h2-10,13-16,31H,11-12H2,1H3,(H,29,33). The monoisotopic (exact) mass is 524 g/mol. The van der Waals surface area contributed by atoms with Crippen LogP contribution < -0.4 is 20.9 Å². The first-order valence-corrected chi connectivity index (χ1v) is 11.7. The van der Waals surface area contributed by atoms with Gasteiger partial charge >= 0.3 is 0 Å². The molecule has 0 radical (unpaired) electrons. The number of aromatic nitrogens is 2. The van der Waals surface area contributed by atoms with Crippen LogP contribution in [0.25, 0.3) is 5.69 Å². The summed E-state index contributed by atoms with van der Waals surface area (Å²) in [5, 5.41) is 11.1. The lowest BCUT2D eigenvalue weighted by atomic mass is 10.2. The van der Waals surface area contributed by atoms with E-state index in [1.54, 1.807) is 79.9 Å². The van der Waals surface area contributed by atoms with Gasteiger partial charge in [-0.15, -0.1) is 0 Å². The molecular weight excluding hydrogens is 503 g/mol. The number of halogens is 2. The van der Waals surface area contributed by atoms with Gasteiger partial charge in [0.1, 0.15) is 5.75 Å². The minimum atomic E-state index is -0.480. The first-order valence-electron chi connectivity index (χ1n) is 10.9. The molecule has 0 unspecified atom stereocenters. The number of benzene rings is 3. The number of anilines is 2. The fourth-order valence-electron chi connectivity index (χ4n) is 3.33. The maximum Gasteiger partial charge on any atom is 0.299 e. The summed E-state index contributed by atoms with van der Waals surface area (Å²) in [7, 11) is 1.56.